The van der Waals surface area contributed by atoms with Crippen molar-refractivity contribution in [2.45, 2.75) is 24.8 Å². The summed E-state index contributed by atoms with van der Waals surface area (Å²) in [5.74, 6) is -0.495. The molecule has 0 spiro atoms. The van der Waals surface area contributed by atoms with Crippen molar-refractivity contribution in [2.24, 2.45) is 0 Å². The number of ether oxygens (including phenoxy) is 1. The van der Waals surface area contributed by atoms with E-state index in [0.29, 0.717) is 29.8 Å². The fourth-order valence-electron chi connectivity index (χ4n) is 3.32. The second-order valence-corrected chi connectivity index (χ2v) is 8.13. The molecular formula is C19H23Cl2N5O3. The fourth-order valence-corrected chi connectivity index (χ4v) is 3.93. The molecule has 3 rings (SSSR count). The first kappa shape index (κ1) is 21.5. The maximum absolute atomic E-state index is 12.6. The minimum absolute atomic E-state index is 0.0228. The first-order valence-electron chi connectivity index (χ1n) is 9.22. The van der Waals surface area contributed by atoms with Crippen molar-refractivity contribution in [2.75, 3.05) is 33.9 Å². The highest BCUT2D eigenvalue weighted by atomic mass is 35.5. The van der Waals surface area contributed by atoms with E-state index >= 15 is 0 Å². The summed E-state index contributed by atoms with van der Waals surface area (Å²) in [6, 6.07) is 5.42. The van der Waals surface area contributed by atoms with Crippen LogP contribution in [-0.4, -0.2) is 65.6 Å². The average Bonchev–Trinajstić information content (AvgIpc) is 3.15. The SMILES string of the molecule is CN(C)C(=O)Cn1cc(C(=O)NCC2(c3ccc(Cl)cc3Cl)CCOCC2)nn1. The Bertz CT molecular complexity index is 894. The molecule has 2 amide bonds. The minimum atomic E-state index is -0.357. The summed E-state index contributed by atoms with van der Waals surface area (Å²) in [5.41, 5.74) is 0.736. The highest BCUT2D eigenvalue weighted by Gasteiger charge is 2.36. The van der Waals surface area contributed by atoms with Gasteiger partial charge >= 0.3 is 0 Å². The third-order valence-electron chi connectivity index (χ3n) is 5.11. The van der Waals surface area contributed by atoms with Gasteiger partial charge in [0.1, 0.15) is 6.54 Å². The van der Waals surface area contributed by atoms with E-state index in [-0.39, 0.29) is 29.5 Å². The molecule has 0 bridgehead atoms. The third-order valence-corrected chi connectivity index (χ3v) is 5.65. The molecule has 0 atom stereocenters. The van der Waals surface area contributed by atoms with Gasteiger partial charge in [-0.05, 0) is 30.5 Å². The van der Waals surface area contributed by atoms with E-state index in [1.165, 1.54) is 15.8 Å². The summed E-state index contributed by atoms with van der Waals surface area (Å²) in [6.07, 6.45) is 2.90. The van der Waals surface area contributed by atoms with Crippen LogP contribution in [0.5, 0.6) is 0 Å². The van der Waals surface area contributed by atoms with Gasteiger partial charge in [0, 0.05) is 49.3 Å². The molecule has 1 aliphatic rings. The highest BCUT2D eigenvalue weighted by molar-refractivity contribution is 6.35. The van der Waals surface area contributed by atoms with Crippen LogP contribution in [0, 0.1) is 0 Å². The number of aromatic nitrogens is 3. The molecule has 0 radical (unpaired) electrons. The Morgan fingerprint density at radius 2 is 2.00 bits per heavy atom. The van der Waals surface area contributed by atoms with Crippen LogP contribution in [0.3, 0.4) is 0 Å². The van der Waals surface area contributed by atoms with Crippen LogP contribution in [0.15, 0.2) is 24.4 Å². The largest absolute Gasteiger partial charge is 0.381 e. The standard InChI is InChI=1S/C19H23Cl2N5O3/c1-25(2)17(27)11-26-10-16(23-24-26)18(28)22-12-19(5-7-29-8-6-19)14-4-3-13(20)9-15(14)21/h3-4,9-10H,5-8,11-12H2,1-2H3,(H,22,28). The number of amides is 2. The van der Waals surface area contributed by atoms with Crippen LogP contribution < -0.4 is 5.32 Å². The molecule has 1 aromatic heterocycles. The Labute approximate surface area is 179 Å². The van der Waals surface area contributed by atoms with Crippen molar-refractivity contribution in [3.05, 3.63) is 45.7 Å². The zero-order valence-corrected chi connectivity index (χ0v) is 17.8. The van der Waals surface area contributed by atoms with Crippen molar-refractivity contribution in [3.8, 4) is 0 Å². The van der Waals surface area contributed by atoms with E-state index in [1.54, 1.807) is 26.2 Å². The highest BCUT2D eigenvalue weighted by Crippen LogP contribution is 2.39. The molecular weight excluding hydrogens is 417 g/mol. The first-order chi connectivity index (χ1) is 13.8. The molecule has 156 valence electrons. The van der Waals surface area contributed by atoms with Crippen LogP contribution in [0.4, 0.5) is 0 Å². The predicted molar refractivity (Wildman–Crippen MR) is 109 cm³/mol. The van der Waals surface area contributed by atoms with Crippen LogP contribution in [0.25, 0.3) is 0 Å². The van der Waals surface area contributed by atoms with Gasteiger partial charge in [-0.2, -0.15) is 0 Å². The Kier molecular flexibility index (Phi) is 6.77. The van der Waals surface area contributed by atoms with Gasteiger partial charge in [-0.3, -0.25) is 9.59 Å². The van der Waals surface area contributed by atoms with Gasteiger partial charge in [0.15, 0.2) is 5.69 Å². The van der Waals surface area contributed by atoms with E-state index < -0.39 is 0 Å². The minimum Gasteiger partial charge on any atom is -0.381 e. The summed E-state index contributed by atoms with van der Waals surface area (Å²) in [6.45, 7) is 1.56. The smallest absolute Gasteiger partial charge is 0.273 e. The Morgan fingerprint density at radius 1 is 1.28 bits per heavy atom. The normalized spacial score (nSPS) is 15.7. The number of halogens is 2. The molecule has 1 aromatic carbocycles. The number of nitrogens with zero attached hydrogens (tertiary/aromatic N) is 4. The van der Waals surface area contributed by atoms with Crippen molar-refractivity contribution in [3.63, 3.8) is 0 Å². The van der Waals surface area contributed by atoms with Crippen molar-refractivity contribution in [1.29, 1.82) is 0 Å². The predicted octanol–water partition coefficient (Wildman–Crippen LogP) is 2.15. The van der Waals surface area contributed by atoms with Crippen LogP contribution in [0.1, 0.15) is 28.9 Å². The third kappa shape index (κ3) is 5.07. The fraction of sp³-hybridized carbons (Fsp3) is 0.474. The molecule has 2 heterocycles. The van der Waals surface area contributed by atoms with Gasteiger partial charge in [-0.25, -0.2) is 4.68 Å². The molecule has 1 N–H and O–H groups in total. The second kappa shape index (κ2) is 9.11. The Balaban J connectivity index is 1.72. The van der Waals surface area contributed by atoms with E-state index in [4.69, 9.17) is 27.9 Å². The lowest BCUT2D eigenvalue weighted by Gasteiger charge is -2.38. The molecule has 8 nitrogen and oxygen atoms in total. The molecule has 1 aliphatic heterocycles. The average molecular weight is 440 g/mol. The van der Waals surface area contributed by atoms with Crippen LogP contribution in [0.2, 0.25) is 10.0 Å². The summed E-state index contributed by atoms with van der Waals surface area (Å²) >= 11 is 12.5. The number of carbonyl (C=O) groups is 2. The van der Waals surface area contributed by atoms with Gasteiger partial charge in [-0.15, -0.1) is 5.10 Å². The molecule has 0 aliphatic carbocycles. The van der Waals surface area contributed by atoms with Crippen molar-refractivity contribution in [1.82, 2.24) is 25.2 Å². The van der Waals surface area contributed by atoms with E-state index in [9.17, 15) is 9.59 Å². The summed E-state index contributed by atoms with van der Waals surface area (Å²) < 4.78 is 6.86. The molecule has 2 aromatic rings. The van der Waals surface area contributed by atoms with Gasteiger partial charge in [-0.1, -0.05) is 34.5 Å². The van der Waals surface area contributed by atoms with Gasteiger partial charge in [0.25, 0.3) is 5.91 Å². The zero-order valence-electron chi connectivity index (χ0n) is 16.3. The lowest BCUT2D eigenvalue weighted by Crippen LogP contribution is -2.44. The van der Waals surface area contributed by atoms with Gasteiger partial charge in [0.05, 0.1) is 6.20 Å². The molecule has 0 saturated carbocycles. The number of rotatable bonds is 6. The van der Waals surface area contributed by atoms with E-state index in [2.05, 4.69) is 15.6 Å². The summed E-state index contributed by atoms with van der Waals surface area (Å²) in [5, 5.41) is 11.8. The van der Waals surface area contributed by atoms with Crippen LogP contribution in [-0.2, 0) is 21.5 Å². The van der Waals surface area contributed by atoms with Crippen molar-refractivity contribution >= 4 is 35.0 Å². The Hall–Kier alpha value is -2.16. The second-order valence-electron chi connectivity index (χ2n) is 7.29. The van der Waals surface area contributed by atoms with Crippen LogP contribution >= 0.6 is 23.2 Å². The monoisotopic (exact) mass is 439 g/mol. The maximum Gasteiger partial charge on any atom is 0.273 e. The number of carbonyl (C=O) groups excluding carboxylic acids is 2. The number of nitrogens with one attached hydrogen (secondary N) is 1. The van der Waals surface area contributed by atoms with Gasteiger partial charge in [0.2, 0.25) is 5.91 Å². The van der Waals surface area contributed by atoms with Gasteiger partial charge < -0.3 is 15.0 Å². The zero-order chi connectivity index (χ0) is 21.0. The first-order valence-corrected chi connectivity index (χ1v) is 9.98. The molecule has 1 saturated heterocycles. The lowest BCUT2D eigenvalue weighted by molar-refractivity contribution is -0.129. The topological polar surface area (TPSA) is 89.4 Å². The number of hydrogen-bond donors (Lipinski definition) is 1. The quantitative estimate of drug-likeness (QED) is 0.744. The summed E-state index contributed by atoms with van der Waals surface area (Å²) in [7, 11) is 3.31. The number of benzene rings is 1. The molecule has 29 heavy (non-hydrogen) atoms. The van der Waals surface area contributed by atoms with Crippen molar-refractivity contribution < 1.29 is 14.3 Å². The van der Waals surface area contributed by atoms with E-state index in [1.807, 2.05) is 6.07 Å². The number of likely N-dealkylation sites (N-methyl/N-ethyl adjacent to an activating group) is 1. The Morgan fingerprint density at radius 3 is 2.66 bits per heavy atom. The molecule has 1 fully saturated rings. The molecule has 10 heteroatoms. The van der Waals surface area contributed by atoms with E-state index in [0.717, 1.165) is 18.4 Å². The molecule has 0 unspecified atom stereocenters. The number of hydrogen-bond acceptors (Lipinski definition) is 5. The summed E-state index contributed by atoms with van der Waals surface area (Å²) in [4.78, 5) is 25.9. The maximum atomic E-state index is 12.6. The lowest BCUT2D eigenvalue weighted by atomic mass is 9.74.